The minimum absolute atomic E-state index is 0.0336. The highest BCUT2D eigenvalue weighted by molar-refractivity contribution is 5.82. The number of allylic oxidation sites excluding steroid dienone is 2. The zero-order valence-corrected chi connectivity index (χ0v) is 15.7. The van der Waals surface area contributed by atoms with Gasteiger partial charge in [-0.3, -0.25) is 0 Å². The molecule has 1 heterocycles. The summed E-state index contributed by atoms with van der Waals surface area (Å²) in [6.45, 7) is 7.19. The van der Waals surface area contributed by atoms with Crippen LogP contribution in [0, 0.1) is 16.7 Å². The molecule has 0 saturated heterocycles. The van der Waals surface area contributed by atoms with E-state index >= 15 is 0 Å². The van der Waals surface area contributed by atoms with Crippen molar-refractivity contribution in [1.29, 1.82) is 0 Å². The number of esters is 1. The first kappa shape index (κ1) is 17.2. The molecular formula is C22H26O4. The third kappa shape index (κ3) is 2.72. The molecule has 1 aromatic carbocycles. The van der Waals surface area contributed by atoms with Gasteiger partial charge >= 0.3 is 5.97 Å². The highest BCUT2D eigenvalue weighted by Gasteiger charge is 2.62. The SMILES string of the molecule is CC1(C)[C@H]2CC[C@]1(C)[C@H](OC(=O)/C=C/C=C\c1ccc3c(c1)OCO3)C2. The van der Waals surface area contributed by atoms with Crippen molar-refractivity contribution in [1.82, 2.24) is 0 Å². The fraction of sp³-hybridized carbons (Fsp3) is 0.500. The fourth-order valence-electron chi connectivity index (χ4n) is 4.81. The second-order valence-electron chi connectivity index (χ2n) is 8.37. The van der Waals surface area contributed by atoms with E-state index in [-0.39, 0.29) is 29.7 Å². The number of benzene rings is 1. The molecule has 3 atom stereocenters. The summed E-state index contributed by atoms with van der Waals surface area (Å²) in [5.41, 5.74) is 1.35. The summed E-state index contributed by atoms with van der Waals surface area (Å²) in [4.78, 5) is 12.2. The summed E-state index contributed by atoms with van der Waals surface area (Å²) >= 11 is 0. The topological polar surface area (TPSA) is 44.8 Å². The van der Waals surface area contributed by atoms with Gasteiger partial charge in [0, 0.05) is 11.5 Å². The zero-order valence-electron chi connectivity index (χ0n) is 15.7. The van der Waals surface area contributed by atoms with Gasteiger partial charge in [-0.25, -0.2) is 4.79 Å². The van der Waals surface area contributed by atoms with E-state index in [9.17, 15) is 4.79 Å². The lowest BCUT2D eigenvalue weighted by Crippen LogP contribution is -2.38. The maximum Gasteiger partial charge on any atom is 0.331 e. The number of ether oxygens (including phenoxy) is 3. The van der Waals surface area contributed by atoms with E-state index in [2.05, 4.69) is 20.8 Å². The highest BCUT2D eigenvalue weighted by Crippen LogP contribution is 2.66. The number of carbonyl (C=O) groups is 1. The van der Waals surface area contributed by atoms with Crippen molar-refractivity contribution in [3.05, 3.63) is 42.0 Å². The van der Waals surface area contributed by atoms with Crippen LogP contribution in [0.1, 0.15) is 45.6 Å². The third-order valence-electron chi connectivity index (χ3n) is 7.00. The number of hydrogen-bond donors (Lipinski definition) is 0. The molecule has 1 aliphatic heterocycles. The number of carbonyl (C=O) groups excluding carboxylic acids is 1. The average Bonchev–Trinajstić information content (AvgIpc) is 3.21. The molecule has 0 N–H and O–H groups in total. The molecule has 2 saturated carbocycles. The van der Waals surface area contributed by atoms with Crippen molar-refractivity contribution >= 4 is 12.0 Å². The molecule has 2 bridgehead atoms. The number of rotatable bonds is 4. The summed E-state index contributed by atoms with van der Waals surface area (Å²) in [6.07, 6.45) is 10.4. The average molecular weight is 354 g/mol. The quantitative estimate of drug-likeness (QED) is 0.445. The second-order valence-corrected chi connectivity index (χ2v) is 8.37. The molecular weight excluding hydrogens is 328 g/mol. The van der Waals surface area contributed by atoms with Gasteiger partial charge in [0.05, 0.1) is 0 Å². The van der Waals surface area contributed by atoms with Crippen LogP contribution in [0.5, 0.6) is 11.5 Å². The molecule has 0 aromatic heterocycles. The van der Waals surface area contributed by atoms with Crippen molar-refractivity contribution in [2.75, 3.05) is 6.79 Å². The van der Waals surface area contributed by atoms with Crippen LogP contribution in [0.4, 0.5) is 0 Å². The maximum atomic E-state index is 12.2. The first-order valence-corrected chi connectivity index (χ1v) is 9.35. The third-order valence-corrected chi connectivity index (χ3v) is 7.00. The Kier molecular flexibility index (Phi) is 4.09. The molecule has 0 amide bonds. The summed E-state index contributed by atoms with van der Waals surface area (Å²) in [7, 11) is 0. The lowest BCUT2D eigenvalue weighted by Gasteiger charge is -2.38. The summed E-state index contributed by atoms with van der Waals surface area (Å²) < 4.78 is 16.5. The van der Waals surface area contributed by atoms with E-state index in [0.717, 1.165) is 29.9 Å². The standard InChI is InChI=1S/C22H26O4/c1-21(2)16-10-11-22(21,3)19(13-16)26-20(23)7-5-4-6-15-8-9-17-18(12-15)25-14-24-17/h4-9,12,16,19H,10-11,13-14H2,1-3H3/b6-4-,7-5+/t16-,19+,22+/m0/s1. The minimum Gasteiger partial charge on any atom is -0.459 e. The Labute approximate surface area is 154 Å². The molecule has 2 aliphatic carbocycles. The van der Waals surface area contributed by atoms with Gasteiger partial charge in [-0.05, 0) is 48.3 Å². The molecule has 3 aliphatic rings. The van der Waals surface area contributed by atoms with Crippen LogP contribution >= 0.6 is 0 Å². The smallest absolute Gasteiger partial charge is 0.331 e. The Bertz CT molecular complexity index is 776. The molecule has 0 spiro atoms. The molecule has 0 radical (unpaired) electrons. The Morgan fingerprint density at radius 1 is 1.19 bits per heavy atom. The van der Waals surface area contributed by atoms with Crippen molar-refractivity contribution < 1.29 is 19.0 Å². The van der Waals surface area contributed by atoms with Gasteiger partial charge in [0.15, 0.2) is 11.5 Å². The largest absolute Gasteiger partial charge is 0.459 e. The molecule has 4 nitrogen and oxygen atoms in total. The van der Waals surface area contributed by atoms with Gasteiger partial charge in [0.2, 0.25) is 6.79 Å². The van der Waals surface area contributed by atoms with Crippen LogP contribution in [0.15, 0.2) is 36.4 Å². The van der Waals surface area contributed by atoms with Crippen LogP contribution in [-0.4, -0.2) is 18.9 Å². The van der Waals surface area contributed by atoms with Crippen LogP contribution in [0.2, 0.25) is 0 Å². The van der Waals surface area contributed by atoms with E-state index in [4.69, 9.17) is 14.2 Å². The minimum atomic E-state index is -0.255. The van der Waals surface area contributed by atoms with Crippen LogP contribution in [-0.2, 0) is 9.53 Å². The molecule has 26 heavy (non-hydrogen) atoms. The van der Waals surface area contributed by atoms with Gasteiger partial charge in [-0.15, -0.1) is 0 Å². The number of hydrogen-bond acceptors (Lipinski definition) is 4. The Morgan fingerprint density at radius 2 is 2.00 bits per heavy atom. The fourth-order valence-corrected chi connectivity index (χ4v) is 4.81. The summed E-state index contributed by atoms with van der Waals surface area (Å²) in [6, 6.07) is 5.76. The predicted octanol–water partition coefficient (Wildman–Crippen LogP) is 4.74. The van der Waals surface area contributed by atoms with Crippen LogP contribution in [0.3, 0.4) is 0 Å². The Morgan fingerprint density at radius 3 is 2.73 bits per heavy atom. The van der Waals surface area contributed by atoms with E-state index < -0.39 is 0 Å². The van der Waals surface area contributed by atoms with Gasteiger partial charge in [-0.2, -0.15) is 0 Å². The number of fused-ring (bicyclic) bond motifs is 3. The maximum absolute atomic E-state index is 12.2. The monoisotopic (exact) mass is 354 g/mol. The van der Waals surface area contributed by atoms with Gasteiger partial charge in [-0.1, -0.05) is 45.1 Å². The molecule has 0 unspecified atom stereocenters. The Balaban J connectivity index is 1.34. The van der Waals surface area contributed by atoms with E-state index in [1.807, 2.05) is 30.4 Å². The molecule has 4 rings (SSSR count). The first-order valence-electron chi connectivity index (χ1n) is 9.35. The molecule has 4 heteroatoms. The van der Waals surface area contributed by atoms with Gasteiger partial charge in [0.25, 0.3) is 0 Å². The molecule has 1 aromatic rings. The molecule has 138 valence electrons. The Hall–Kier alpha value is -2.23. The second kappa shape index (κ2) is 6.19. The zero-order chi connectivity index (χ0) is 18.4. The van der Waals surface area contributed by atoms with Gasteiger partial charge < -0.3 is 14.2 Å². The van der Waals surface area contributed by atoms with E-state index in [0.29, 0.717) is 5.92 Å². The van der Waals surface area contributed by atoms with Crippen LogP contribution < -0.4 is 9.47 Å². The molecule has 2 fully saturated rings. The predicted molar refractivity (Wildman–Crippen MR) is 99.8 cm³/mol. The van der Waals surface area contributed by atoms with Crippen molar-refractivity contribution in [3.63, 3.8) is 0 Å². The van der Waals surface area contributed by atoms with Gasteiger partial charge in [0.1, 0.15) is 6.10 Å². The normalized spacial score (nSPS) is 31.2. The van der Waals surface area contributed by atoms with Crippen LogP contribution in [0.25, 0.3) is 6.08 Å². The summed E-state index contributed by atoms with van der Waals surface area (Å²) in [5, 5.41) is 0. The first-order chi connectivity index (χ1) is 12.4. The highest BCUT2D eigenvalue weighted by atomic mass is 16.7. The van der Waals surface area contributed by atoms with Crippen molar-refractivity contribution in [3.8, 4) is 11.5 Å². The van der Waals surface area contributed by atoms with Crippen molar-refractivity contribution in [2.45, 2.75) is 46.1 Å². The lowest BCUT2D eigenvalue weighted by atomic mass is 9.70. The summed E-state index contributed by atoms with van der Waals surface area (Å²) in [5.74, 6) is 1.93. The van der Waals surface area contributed by atoms with Crippen molar-refractivity contribution in [2.24, 2.45) is 16.7 Å². The van der Waals surface area contributed by atoms with E-state index in [1.165, 1.54) is 12.5 Å². The van der Waals surface area contributed by atoms with E-state index in [1.54, 1.807) is 6.08 Å². The lowest BCUT2D eigenvalue weighted by molar-refractivity contribution is -0.150.